The lowest BCUT2D eigenvalue weighted by atomic mass is 10.1. The molecule has 0 aliphatic rings. The number of nitrogens with zero attached hydrogens (tertiary/aromatic N) is 2. The summed E-state index contributed by atoms with van der Waals surface area (Å²) in [5, 5.41) is 3.46. The Morgan fingerprint density at radius 1 is 0.947 bits per heavy atom. The van der Waals surface area contributed by atoms with Gasteiger partial charge >= 0.3 is 0 Å². The molecule has 0 heterocycles. The minimum Gasteiger partial charge on any atom is -0.357 e. The fourth-order valence-electron chi connectivity index (χ4n) is 3.85. The molecule has 0 aromatic heterocycles. The number of hydrogen-bond donors (Lipinski definition) is 1. The third-order valence-electron chi connectivity index (χ3n) is 6.13. The molecule has 11 heteroatoms. The molecule has 0 radical (unpaired) electrons. The number of sulfonamides is 1. The Morgan fingerprint density at radius 2 is 1.55 bits per heavy atom. The van der Waals surface area contributed by atoms with Gasteiger partial charge in [0.25, 0.3) is 10.0 Å². The summed E-state index contributed by atoms with van der Waals surface area (Å²) in [4.78, 5) is 27.7. The fraction of sp³-hybridized carbons (Fsp3) is 0.259. The first-order valence-corrected chi connectivity index (χ1v) is 14.2. The number of likely N-dealkylation sites (N-methyl/N-ethyl adjacent to an activating group) is 1. The number of hydrogen-bond acceptors (Lipinski definition) is 4. The summed E-state index contributed by atoms with van der Waals surface area (Å²) >= 11 is 18.9. The molecule has 202 valence electrons. The molecule has 7 nitrogen and oxygen atoms in total. The van der Waals surface area contributed by atoms with E-state index in [-0.39, 0.29) is 17.1 Å². The van der Waals surface area contributed by atoms with Crippen molar-refractivity contribution in [3.63, 3.8) is 0 Å². The normalized spacial score (nSPS) is 12.1. The van der Waals surface area contributed by atoms with Gasteiger partial charge < -0.3 is 10.2 Å². The van der Waals surface area contributed by atoms with Gasteiger partial charge in [-0.25, -0.2) is 8.42 Å². The van der Waals surface area contributed by atoms with Crippen molar-refractivity contribution in [3.8, 4) is 0 Å². The summed E-state index contributed by atoms with van der Waals surface area (Å²) in [5.41, 5.74) is 2.16. The van der Waals surface area contributed by atoms with Gasteiger partial charge in [0.1, 0.15) is 12.6 Å². The van der Waals surface area contributed by atoms with E-state index in [0.717, 1.165) is 9.87 Å². The number of benzene rings is 3. The van der Waals surface area contributed by atoms with E-state index in [1.807, 2.05) is 6.92 Å². The Morgan fingerprint density at radius 3 is 2.13 bits per heavy atom. The first kappa shape index (κ1) is 29.8. The van der Waals surface area contributed by atoms with Crippen LogP contribution in [0.5, 0.6) is 0 Å². The van der Waals surface area contributed by atoms with Crippen LogP contribution in [0.3, 0.4) is 0 Å². The fourth-order valence-corrected chi connectivity index (χ4v) is 6.00. The summed E-state index contributed by atoms with van der Waals surface area (Å²) in [6, 6.07) is 15.1. The van der Waals surface area contributed by atoms with E-state index in [9.17, 15) is 18.0 Å². The van der Waals surface area contributed by atoms with Crippen molar-refractivity contribution in [3.05, 3.63) is 92.4 Å². The minimum absolute atomic E-state index is 0.00956. The summed E-state index contributed by atoms with van der Waals surface area (Å²) in [7, 11) is -2.75. The SMILES string of the molecule is CNC(=O)C(C)N(Cc1c(Cl)cccc1Cl)C(=O)CN(c1cc(Cl)ccc1C)S(=O)(=O)c1ccc(C)cc1. The molecule has 1 atom stereocenters. The van der Waals surface area contributed by atoms with Crippen LogP contribution in [0.15, 0.2) is 65.6 Å². The van der Waals surface area contributed by atoms with Crippen molar-refractivity contribution in [2.24, 2.45) is 0 Å². The van der Waals surface area contributed by atoms with Crippen LogP contribution in [0.1, 0.15) is 23.6 Å². The number of carbonyl (C=O) groups is 2. The highest BCUT2D eigenvalue weighted by Crippen LogP contribution is 2.31. The summed E-state index contributed by atoms with van der Waals surface area (Å²) in [6.07, 6.45) is 0. The Labute approximate surface area is 238 Å². The molecule has 3 aromatic carbocycles. The van der Waals surface area contributed by atoms with Gasteiger partial charge in [-0.1, -0.05) is 64.6 Å². The maximum Gasteiger partial charge on any atom is 0.264 e. The average Bonchev–Trinajstić information content (AvgIpc) is 2.87. The van der Waals surface area contributed by atoms with E-state index >= 15 is 0 Å². The third-order valence-corrected chi connectivity index (χ3v) is 8.85. The summed E-state index contributed by atoms with van der Waals surface area (Å²) in [5.74, 6) is -1.07. The molecule has 0 aliphatic heterocycles. The molecule has 0 saturated heterocycles. The molecule has 0 spiro atoms. The van der Waals surface area contributed by atoms with Crippen LogP contribution in [0.4, 0.5) is 5.69 Å². The number of carbonyl (C=O) groups excluding carboxylic acids is 2. The van der Waals surface area contributed by atoms with Crippen molar-refractivity contribution < 1.29 is 18.0 Å². The smallest absolute Gasteiger partial charge is 0.264 e. The van der Waals surface area contributed by atoms with Gasteiger partial charge in [0.2, 0.25) is 11.8 Å². The molecule has 0 saturated carbocycles. The van der Waals surface area contributed by atoms with Crippen LogP contribution in [-0.4, -0.2) is 44.8 Å². The second-order valence-corrected chi connectivity index (χ2v) is 11.9. The lowest BCUT2D eigenvalue weighted by Crippen LogP contribution is -2.50. The predicted molar refractivity (Wildman–Crippen MR) is 152 cm³/mol. The average molecular weight is 597 g/mol. The Hall–Kier alpha value is -2.78. The van der Waals surface area contributed by atoms with Crippen molar-refractivity contribution in [1.29, 1.82) is 0 Å². The van der Waals surface area contributed by atoms with E-state index in [1.165, 1.54) is 30.1 Å². The van der Waals surface area contributed by atoms with Crippen LogP contribution in [0.25, 0.3) is 0 Å². The van der Waals surface area contributed by atoms with Gasteiger partial charge in [-0.15, -0.1) is 0 Å². The van der Waals surface area contributed by atoms with Crippen molar-refractivity contribution >= 4 is 62.3 Å². The molecule has 2 amide bonds. The number of halogens is 3. The lowest BCUT2D eigenvalue weighted by Gasteiger charge is -2.32. The van der Waals surface area contributed by atoms with Crippen LogP contribution >= 0.6 is 34.8 Å². The number of rotatable bonds is 9. The first-order valence-electron chi connectivity index (χ1n) is 11.7. The second kappa shape index (κ2) is 12.4. The number of aryl methyl sites for hydroxylation is 2. The van der Waals surface area contributed by atoms with Gasteiger partial charge in [0.05, 0.1) is 10.6 Å². The summed E-state index contributed by atoms with van der Waals surface area (Å²) in [6.45, 7) is 4.41. The molecule has 3 rings (SSSR count). The van der Waals surface area contributed by atoms with Crippen LogP contribution in [0.2, 0.25) is 15.1 Å². The lowest BCUT2D eigenvalue weighted by molar-refractivity contribution is -0.139. The van der Waals surface area contributed by atoms with Crippen molar-refractivity contribution in [2.75, 3.05) is 17.9 Å². The van der Waals surface area contributed by atoms with Crippen molar-refractivity contribution in [2.45, 2.75) is 38.3 Å². The van der Waals surface area contributed by atoms with Gasteiger partial charge in [0.15, 0.2) is 0 Å². The molecule has 1 unspecified atom stereocenters. The predicted octanol–water partition coefficient (Wildman–Crippen LogP) is 5.62. The summed E-state index contributed by atoms with van der Waals surface area (Å²) < 4.78 is 28.8. The molecular weight excluding hydrogens is 569 g/mol. The van der Waals surface area contributed by atoms with E-state index in [0.29, 0.717) is 26.2 Å². The Balaban J connectivity index is 2.11. The number of nitrogens with one attached hydrogen (secondary N) is 1. The monoisotopic (exact) mass is 595 g/mol. The molecule has 38 heavy (non-hydrogen) atoms. The zero-order valence-electron chi connectivity index (χ0n) is 21.3. The van der Waals surface area contributed by atoms with Crippen LogP contribution in [-0.2, 0) is 26.2 Å². The van der Waals surface area contributed by atoms with Crippen LogP contribution in [0, 0.1) is 13.8 Å². The highest BCUT2D eigenvalue weighted by molar-refractivity contribution is 7.92. The van der Waals surface area contributed by atoms with E-state index in [4.69, 9.17) is 34.8 Å². The third kappa shape index (κ3) is 6.61. The second-order valence-electron chi connectivity index (χ2n) is 8.77. The van der Waals surface area contributed by atoms with Gasteiger partial charge in [-0.05, 0) is 62.7 Å². The number of anilines is 1. The van der Waals surface area contributed by atoms with Gasteiger partial charge in [-0.2, -0.15) is 0 Å². The molecular formula is C27H28Cl3N3O4S. The van der Waals surface area contributed by atoms with Gasteiger partial charge in [-0.3, -0.25) is 13.9 Å². The van der Waals surface area contributed by atoms with Crippen LogP contribution < -0.4 is 9.62 Å². The molecule has 0 fully saturated rings. The maximum absolute atomic E-state index is 13.9. The molecule has 0 bridgehead atoms. The largest absolute Gasteiger partial charge is 0.357 e. The molecule has 3 aromatic rings. The quantitative estimate of drug-likeness (QED) is 0.347. The highest BCUT2D eigenvalue weighted by Gasteiger charge is 2.33. The van der Waals surface area contributed by atoms with E-state index < -0.39 is 34.4 Å². The van der Waals surface area contributed by atoms with E-state index in [2.05, 4.69) is 5.32 Å². The Kier molecular flexibility index (Phi) is 9.70. The standard InChI is InChI=1S/C27H28Cl3N3O4S/c1-17-8-12-21(13-9-17)38(36,37)33(25-14-20(28)11-10-18(25)2)16-26(34)32(19(3)27(35)31-4)15-22-23(29)6-5-7-24(22)30/h5-14,19H,15-16H2,1-4H3,(H,31,35). The maximum atomic E-state index is 13.9. The first-order chi connectivity index (χ1) is 17.9. The zero-order chi connectivity index (χ0) is 28.2. The topological polar surface area (TPSA) is 86.8 Å². The molecule has 0 aliphatic carbocycles. The Bertz CT molecular complexity index is 1430. The minimum atomic E-state index is -4.20. The molecule has 1 N–H and O–H groups in total. The number of amides is 2. The van der Waals surface area contributed by atoms with Gasteiger partial charge in [0, 0.05) is 34.2 Å². The van der Waals surface area contributed by atoms with Crippen molar-refractivity contribution in [1.82, 2.24) is 10.2 Å². The zero-order valence-corrected chi connectivity index (χ0v) is 24.4. The highest BCUT2D eigenvalue weighted by atomic mass is 35.5. The van der Waals surface area contributed by atoms with E-state index in [1.54, 1.807) is 56.3 Å².